The van der Waals surface area contributed by atoms with Crippen LogP contribution in [0.5, 0.6) is 5.75 Å². The number of nitriles is 1. The zero-order chi connectivity index (χ0) is 30.5. The number of anilines is 1. The number of aliphatic hydroxyl groups excluding tert-OH is 1. The summed E-state index contributed by atoms with van der Waals surface area (Å²) in [6, 6.07) is 12.4. The molecule has 3 aromatic rings. The van der Waals surface area contributed by atoms with Crippen LogP contribution in [0.15, 0.2) is 48.8 Å². The molecular formula is C26H33N6O8PS. The number of hydrogen-bond acceptors (Lipinski definition) is 12. The molecular weight excluding hydrogens is 587 g/mol. The standard InChI is InChI=1S/C26H33N6O8PS/c1-4-37-25(34)19(12-13-42(3)36)31-41(35,40-18-8-6-5-7-9-18)38-14-21-23(33)17(2)26(15-27,39-21)22-11-10-20-24(28)29-16-30-32(20)22/h5-11,16-17,19,21,23,33H,4,12-14H2,1-3H3,(H,31,35)(H2,28,29,30)/t17-,19-,21+,23-,26+,41?,42?/m0/s1. The Kier molecular flexibility index (Phi) is 9.98. The molecule has 1 aliphatic rings. The average molecular weight is 621 g/mol. The number of nitrogens with zero attached hydrogens (tertiary/aromatic N) is 4. The summed E-state index contributed by atoms with van der Waals surface area (Å²) in [5.74, 6) is -1.00. The van der Waals surface area contributed by atoms with Gasteiger partial charge in [-0.15, -0.1) is 0 Å². The molecule has 7 atom stereocenters. The monoisotopic (exact) mass is 620 g/mol. The van der Waals surface area contributed by atoms with Gasteiger partial charge in [0.25, 0.3) is 0 Å². The molecule has 1 fully saturated rings. The minimum Gasteiger partial charge on any atom is -0.465 e. The molecule has 2 aromatic heterocycles. The maximum Gasteiger partial charge on any atom is 0.459 e. The molecule has 14 nitrogen and oxygen atoms in total. The molecule has 3 heterocycles. The Morgan fingerprint density at radius 1 is 1.36 bits per heavy atom. The summed E-state index contributed by atoms with van der Waals surface area (Å²) in [6.07, 6.45) is 0.377. The molecule has 0 bridgehead atoms. The van der Waals surface area contributed by atoms with Gasteiger partial charge in [0, 0.05) is 28.7 Å². The van der Waals surface area contributed by atoms with Crippen LogP contribution in [0, 0.1) is 17.2 Å². The number of nitrogens with two attached hydrogens (primary N) is 1. The van der Waals surface area contributed by atoms with Gasteiger partial charge in [-0.3, -0.25) is 13.5 Å². The molecule has 0 amide bonds. The third-order valence-electron chi connectivity index (χ3n) is 6.86. The largest absolute Gasteiger partial charge is 0.465 e. The van der Waals surface area contributed by atoms with Crippen molar-refractivity contribution in [1.82, 2.24) is 19.7 Å². The molecule has 1 aliphatic heterocycles. The summed E-state index contributed by atoms with van der Waals surface area (Å²) >= 11 is 0. The van der Waals surface area contributed by atoms with Crippen molar-refractivity contribution < 1.29 is 37.2 Å². The smallest absolute Gasteiger partial charge is 0.459 e. The Labute approximate surface area is 245 Å². The minimum absolute atomic E-state index is 0.0247. The molecule has 1 saturated heterocycles. The van der Waals surface area contributed by atoms with E-state index >= 15 is 0 Å². The zero-order valence-electron chi connectivity index (χ0n) is 23.3. The SMILES string of the molecule is CCOC(=O)[C@H](CCS(C)=O)NP(=O)(OC[C@H]1O[C@@](C#N)(c2ccc3c(N)ncnn23)[C@@H](C)[C@@H]1O)Oc1ccccc1. The zero-order valence-corrected chi connectivity index (χ0v) is 25.0. The first-order valence-corrected chi connectivity index (χ1v) is 16.4. The van der Waals surface area contributed by atoms with Gasteiger partial charge < -0.3 is 24.8 Å². The third kappa shape index (κ3) is 6.64. The van der Waals surface area contributed by atoms with Crippen molar-refractivity contribution in [2.45, 2.75) is 44.1 Å². The van der Waals surface area contributed by atoms with Crippen molar-refractivity contribution in [1.29, 1.82) is 5.26 Å². The number of hydrogen-bond donors (Lipinski definition) is 3. The lowest BCUT2D eigenvalue weighted by atomic mass is 9.85. The van der Waals surface area contributed by atoms with E-state index in [4.69, 9.17) is 24.3 Å². The van der Waals surface area contributed by atoms with Gasteiger partial charge in [-0.1, -0.05) is 25.1 Å². The maximum atomic E-state index is 14.1. The Balaban J connectivity index is 1.60. The number of rotatable bonds is 13. The summed E-state index contributed by atoms with van der Waals surface area (Å²) in [4.78, 5) is 16.6. The van der Waals surface area contributed by atoms with Gasteiger partial charge in [0.15, 0.2) is 5.82 Å². The summed E-state index contributed by atoms with van der Waals surface area (Å²) in [5.41, 5.74) is 5.06. The number of aliphatic hydroxyl groups is 1. The normalized spacial score (nSPS) is 24.9. The number of esters is 1. The van der Waals surface area contributed by atoms with E-state index in [-0.39, 0.29) is 30.3 Å². The fourth-order valence-corrected chi connectivity index (χ4v) is 6.76. The summed E-state index contributed by atoms with van der Waals surface area (Å²) < 4.78 is 50.0. The quantitative estimate of drug-likeness (QED) is 0.185. The fourth-order valence-electron chi connectivity index (χ4n) is 4.66. The molecule has 1 aromatic carbocycles. The molecule has 2 unspecified atom stereocenters. The van der Waals surface area contributed by atoms with Gasteiger partial charge in [0.2, 0.25) is 5.60 Å². The Hall–Kier alpha value is -3.38. The van der Waals surface area contributed by atoms with Gasteiger partial charge >= 0.3 is 13.7 Å². The number of benzene rings is 1. The van der Waals surface area contributed by atoms with Crippen LogP contribution in [-0.2, 0) is 39.8 Å². The Morgan fingerprint density at radius 2 is 2.10 bits per heavy atom. The third-order valence-corrected chi connectivity index (χ3v) is 9.24. The van der Waals surface area contributed by atoms with Gasteiger partial charge in [-0.2, -0.15) is 15.4 Å². The number of nitrogen functional groups attached to an aromatic ring is 1. The van der Waals surface area contributed by atoms with Crippen molar-refractivity contribution in [2.75, 3.05) is 31.0 Å². The maximum absolute atomic E-state index is 14.1. The van der Waals surface area contributed by atoms with Crippen LogP contribution in [0.4, 0.5) is 5.82 Å². The first-order valence-electron chi connectivity index (χ1n) is 13.1. The molecule has 42 heavy (non-hydrogen) atoms. The van der Waals surface area contributed by atoms with Crippen LogP contribution in [0.1, 0.15) is 26.0 Å². The van der Waals surface area contributed by atoms with Gasteiger partial charge in [-0.25, -0.2) is 14.1 Å². The van der Waals surface area contributed by atoms with Crippen molar-refractivity contribution in [3.8, 4) is 11.8 Å². The second-order valence-electron chi connectivity index (χ2n) is 9.64. The number of nitrogens with one attached hydrogen (secondary N) is 1. The van der Waals surface area contributed by atoms with Gasteiger partial charge in [-0.05, 0) is 37.6 Å². The minimum atomic E-state index is -4.36. The number of ether oxygens (including phenoxy) is 2. The molecule has 226 valence electrons. The predicted molar refractivity (Wildman–Crippen MR) is 152 cm³/mol. The average Bonchev–Trinajstić information content (AvgIpc) is 3.51. The van der Waals surface area contributed by atoms with E-state index in [9.17, 15) is 23.9 Å². The number of fused-ring (bicyclic) bond motifs is 1. The number of carbonyl (C=O) groups excluding carboxylic acids is 1. The van der Waals surface area contributed by atoms with Crippen LogP contribution in [-0.4, -0.2) is 73.4 Å². The van der Waals surface area contributed by atoms with E-state index in [1.807, 2.05) is 0 Å². The molecule has 16 heteroatoms. The van der Waals surface area contributed by atoms with E-state index in [1.54, 1.807) is 56.3 Å². The second kappa shape index (κ2) is 13.3. The number of para-hydroxylation sites is 1. The highest BCUT2D eigenvalue weighted by Gasteiger charge is 2.56. The van der Waals surface area contributed by atoms with Gasteiger partial charge in [0.1, 0.15) is 35.8 Å². The lowest BCUT2D eigenvalue weighted by molar-refractivity contribution is -0.145. The van der Waals surface area contributed by atoms with Crippen LogP contribution in [0.2, 0.25) is 0 Å². The van der Waals surface area contributed by atoms with E-state index in [0.717, 1.165) is 0 Å². The first-order chi connectivity index (χ1) is 20.0. The Bertz CT molecular complexity index is 1520. The van der Waals surface area contributed by atoms with Crippen molar-refractivity contribution in [3.63, 3.8) is 0 Å². The summed E-state index contributed by atoms with van der Waals surface area (Å²) in [7, 11) is -5.60. The molecule has 0 spiro atoms. The Morgan fingerprint density at radius 3 is 2.76 bits per heavy atom. The van der Waals surface area contributed by atoms with Crippen LogP contribution in [0.25, 0.3) is 5.52 Å². The first kappa shape index (κ1) is 31.6. The highest BCUT2D eigenvalue weighted by Crippen LogP contribution is 2.49. The molecule has 4 N–H and O–H groups in total. The van der Waals surface area contributed by atoms with Gasteiger partial charge in [0.05, 0.1) is 25.0 Å². The molecule has 0 aliphatic carbocycles. The lowest BCUT2D eigenvalue weighted by Crippen LogP contribution is -2.39. The van der Waals surface area contributed by atoms with E-state index in [0.29, 0.717) is 11.2 Å². The molecule has 0 radical (unpaired) electrons. The van der Waals surface area contributed by atoms with Crippen LogP contribution >= 0.6 is 7.75 Å². The summed E-state index contributed by atoms with van der Waals surface area (Å²) in [5, 5.41) is 28.3. The van der Waals surface area contributed by atoms with E-state index in [1.165, 1.54) is 17.1 Å². The number of carbonyl (C=O) groups is 1. The second-order valence-corrected chi connectivity index (χ2v) is 12.9. The lowest BCUT2D eigenvalue weighted by Gasteiger charge is -2.26. The number of aromatic nitrogens is 3. The van der Waals surface area contributed by atoms with E-state index in [2.05, 4.69) is 21.2 Å². The van der Waals surface area contributed by atoms with Crippen molar-refractivity contribution in [2.24, 2.45) is 5.92 Å². The fraction of sp³-hybridized carbons (Fsp3) is 0.462. The highest BCUT2D eigenvalue weighted by molar-refractivity contribution is 7.84. The predicted octanol–water partition coefficient (Wildman–Crippen LogP) is 1.92. The summed E-state index contributed by atoms with van der Waals surface area (Å²) in [6.45, 7) is 2.84. The van der Waals surface area contributed by atoms with Crippen LogP contribution < -0.4 is 15.3 Å². The topological polar surface area (TPSA) is 200 Å². The van der Waals surface area contributed by atoms with E-state index < -0.39 is 60.9 Å². The van der Waals surface area contributed by atoms with Crippen molar-refractivity contribution >= 4 is 35.8 Å². The highest BCUT2D eigenvalue weighted by atomic mass is 32.2. The van der Waals surface area contributed by atoms with Crippen LogP contribution in [0.3, 0.4) is 0 Å². The molecule has 4 rings (SSSR count). The molecule has 0 saturated carbocycles. The van der Waals surface area contributed by atoms with Crippen molar-refractivity contribution in [3.05, 3.63) is 54.5 Å².